The molecule has 0 aliphatic rings. The Morgan fingerprint density at radius 2 is 1.92 bits per heavy atom. The van der Waals surface area contributed by atoms with Gasteiger partial charge in [0, 0.05) is 14.1 Å². The summed E-state index contributed by atoms with van der Waals surface area (Å²) in [5.41, 5.74) is 0.0509. The van der Waals surface area contributed by atoms with E-state index in [0.29, 0.717) is 9.21 Å². The summed E-state index contributed by atoms with van der Waals surface area (Å²) in [6.45, 7) is -0.444. The van der Waals surface area contributed by atoms with Crippen molar-refractivity contribution in [2.24, 2.45) is 0 Å². The van der Waals surface area contributed by atoms with E-state index in [1.807, 2.05) is 0 Å². The highest BCUT2D eigenvalue weighted by molar-refractivity contribution is 7.89. The van der Waals surface area contributed by atoms with Crippen molar-refractivity contribution < 1.29 is 22.7 Å². The molecule has 9 heteroatoms. The number of carbonyl (C=O) groups excluding carboxylic acids is 2. The van der Waals surface area contributed by atoms with Crippen molar-refractivity contribution in [3.63, 3.8) is 0 Å². The highest BCUT2D eigenvalue weighted by Crippen LogP contribution is 2.22. The summed E-state index contributed by atoms with van der Waals surface area (Å²) in [4.78, 5) is 24.3. The molecular formula is C15H14ClNO5S2. The number of ketones is 1. The van der Waals surface area contributed by atoms with Crippen LogP contribution in [0.3, 0.4) is 0 Å². The molecule has 0 spiro atoms. The Bertz CT molecular complexity index is 873. The molecule has 24 heavy (non-hydrogen) atoms. The van der Waals surface area contributed by atoms with Gasteiger partial charge in [-0.15, -0.1) is 11.3 Å². The van der Waals surface area contributed by atoms with Gasteiger partial charge in [-0.05, 0) is 30.3 Å². The summed E-state index contributed by atoms with van der Waals surface area (Å²) in [5.74, 6) is -1.15. The van der Waals surface area contributed by atoms with Crippen LogP contribution in [0.1, 0.15) is 20.0 Å². The van der Waals surface area contributed by atoms with E-state index in [4.69, 9.17) is 16.3 Å². The Morgan fingerprint density at radius 3 is 2.50 bits per heavy atom. The van der Waals surface area contributed by atoms with Crippen LogP contribution in [-0.2, 0) is 14.8 Å². The molecule has 128 valence electrons. The number of hydrogen-bond donors (Lipinski definition) is 0. The smallest absolute Gasteiger partial charge is 0.338 e. The van der Waals surface area contributed by atoms with Crippen LogP contribution in [0.5, 0.6) is 0 Å². The maximum absolute atomic E-state index is 12.1. The normalized spacial score (nSPS) is 11.5. The Balaban J connectivity index is 2.09. The zero-order valence-electron chi connectivity index (χ0n) is 12.9. The van der Waals surface area contributed by atoms with E-state index in [9.17, 15) is 18.0 Å². The van der Waals surface area contributed by atoms with E-state index >= 15 is 0 Å². The highest BCUT2D eigenvalue weighted by atomic mass is 35.5. The van der Waals surface area contributed by atoms with E-state index in [-0.39, 0.29) is 16.2 Å². The number of halogens is 1. The Labute approximate surface area is 148 Å². The van der Waals surface area contributed by atoms with Gasteiger partial charge in [0.25, 0.3) is 0 Å². The lowest BCUT2D eigenvalue weighted by Gasteiger charge is -2.12. The summed E-state index contributed by atoms with van der Waals surface area (Å²) in [7, 11) is -0.871. The molecule has 0 fully saturated rings. The number of carbonyl (C=O) groups is 2. The number of rotatable bonds is 6. The molecule has 1 heterocycles. The first-order valence-corrected chi connectivity index (χ1v) is 9.33. The molecule has 0 amide bonds. The molecular weight excluding hydrogens is 374 g/mol. The summed E-state index contributed by atoms with van der Waals surface area (Å²) in [6.07, 6.45) is 0. The topological polar surface area (TPSA) is 80.8 Å². The average Bonchev–Trinajstić information content (AvgIpc) is 2.98. The van der Waals surface area contributed by atoms with Crippen molar-refractivity contribution in [2.75, 3.05) is 20.7 Å². The van der Waals surface area contributed by atoms with Gasteiger partial charge < -0.3 is 4.74 Å². The second-order valence-electron chi connectivity index (χ2n) is 4.92. The van der Waals surface area contributed by atoms with Crippen LogP contribution in [0, 0.1) is 0 Å². The van der Waals surface area contributed by atoms with Crippen LogP contribution in [0.4, 0.5) is 0 Å². The maximum atomic E-state index is 12.1. The van der Waals surface area contributed by atoms with Crippen LogP contribution in [-0.4, -0.2) is 45.2 Å². The van der Waals surface area contributed by atoms with Crippen LogP contribution in [0.2, 0.25) is 4.34 Å². The van der Waals surface area contributed by atoms with Crippen molar-refractivity contribution >= 4 is 44.7 Å². The van der Waals surface area contributed by atoms with Gasteiger partial charge in [-0.3, -0.25) is 4.79 Å². The standard InChI is InChI=1S/C15H14ClNO5S2/c1-17(2)24(20,21)11-5-3-4-10(8-11)15(19)22-9-12(18)13-6-7-14(16)23-13/h3-8H,9H2,1-2H3. The van der Waals surface area contributed by atoms with Crippen LogP contribution in [0.15, 0.2) is 41.3 Å². The quantitative estimate of drug-likeness (QED) is 0.562. The molecule has 1 aromatic carbocycles. The van der Waals surface area contributed by atoms with E-state index in [2.05, 4.69) is 0 Å². The van der Waals surface area contributed by atoms with E-state index < -0.39 is 22.6 Å². The second-order valence-corrected chi connectivity index (χ2v) is 8.79. The van der Waals surface area contributed by atoms with Crippen LogP contribution in [0.25, 0.3) is 0 Å². The molecule has 0 saturated heterocycles. The fraction of sp³-hybridized carbons (Fsp3) is 0.200. The van der Waals surface area contributed by atoms with Gasteiger partial charge in [0.1, 0.15) is 0 Å². The fourth-order valence-electron chi connectivity index (χ4n) is 1.74. The molecule has 0 aliphatic heterocycles. The molecule has 6 nitrogen and oxygen atoms in total. The van der Waals surface area contributed by atoms with Crippen molar-refractivity contribution in [1.29, 1.82) is 0 Å². The summed E-state index contributed by atoms with van der Waals surface area (Å²) in [6, 6.07) is 8.58. The first-order chi connectivity index (χ1) is 11.2. The van der Waals surface area contributed by atoms with E-state index in [1.54, 1.807) is 12.1 Å². The van der Waals surface area contributed by atoms with Gasteiger partial charge in [0.2, 0.25) is 15.8 Å². The molecule has 0 unspecified atom stereocenters. The van der Waals surface area contributed by atoms with Gasteiger partial charge in [-0.25, -0.2) is 17.5 Å². The minimum atomic E-state index is -3.66. The van der Waals surface area contributed by atoms with Gasteiger partial charge in [0.15, 0.2) is 6.61 Å². The summed E-state index contributed by atoms with van der Waals surface area (Å²) < 4.78 is 30.6. The number of hydrogen-bond acceptors (Lipinski definition) is 6. The molecule has 0 saturated carbocycles. The van der Waals surface area contributed by atoms with E-state index in [1.165, 1.54) is 38.4 Å². The van der Waals surface area contributed by atoms with Crippen molar-refractivity contribution in [1.82, 2.24) is 4.31 Å². The first-order valence-electron chi connectivity index (χ1n) is 6.70. The Morgan fingerprint density at radius 1 is 1.21 bits per heavy atom. The van der Waals surface area contributed by atoms with Gasteiger partial charge in [-0.1, -0.05) is 17.7 Å². The highest BCUT2D eigenvalue weighted by Gasteiger charge is 2.20. The number of Topliss-reactive ketones (excluding diaryl/α,β-unsaturated/α-hetero) is 1. The number of benzene rings is 1. The van der Waals surface area contributed by atoms with Crippen LogP contribution < -0.4 is 0 Å². The Hall–Kier alpha value is -1.74. The van der Waals surface area contributed by atoms with Crippen molar-refractivity contribution in [3.05, 3.63) is 51.2 Å². The average molecular weight is 388 g/mol. The van der Waals surface area contributed by atoms with Crippen molar-refractivity contribution in [2.45, 2.75) is 4.90 Å². The number of nitrogens with zero attached hydrogens (tertiary/aromatic N) is 1. The van der Waals surface area contributed by atoms with Gasteiger partial charge in [-0.2, -0.15) is 0 Å². The minimum absolute atomic E-state index is 0.0293. The first kappa shape index (κ1) is 18.6. The van der Waals surface area contributed by atoms with Gasteiger partial charge >= 0.3 is 5.97 Å². The largest absolute Gasteiger partial charge is 0.454 e. The third-order valence-corrected chi connectivity index (χ3v) is 6.11. The number of ether oxygens (including phenoxy) is 1. The number of sulfonamides is 1. The minimum Gasteiger partial charge on any atom is -0.454 e. The molecule has 1 aromatic heterocycles. The second kappa shape index (κ2) is 7.43. The van der Waals surface area contributed by atoms with E-state index in [0.717, 1.165) is 15.6 Å². The molecule has 2 aromatic rings. The van der Waals surface area contributed by atoms with Crippen LogP contribution >= 0.6 is 22.9 Å². The zero-order valence-corrected chi connectivity index (χ0v) is 15.2. The molecule has 0 atom stereocenters. The van der Waals surface area contributed by atoms with Crippen molar-refractivity contribution in [3.8, 4) is 0 Å². The lowest BCUT2D eigenvalue weighted by molar-refractivity contribution is 0.0475. The third kappa shape index (κ3) is 4.21. The predicted molar refractivity (Wildman–Crippen MR) is 91.3 cm³/mol. The zero-order chi connectivity index (χ0) is 17.9. The maximum Gasteiger partial charge on any atom is 0.338 e. The molecule has 0 N–H and O–H groups in total. The third-order valence-electron chi connectivity index (χ3n) is 3.03. The number of thiophene rings is 1. The fourth-order valence-corrected chi connectivity index (χ4v) is 3.66. The predicted octanol–water partition coefficient (Wildman–Crippen LogP) is 2.69. The molecule has 0 radical (unpaired) electrons. The lowest BCUT2D eigenvalue weighted by atomic mass is 10.2. The number of esters is 1. The SMILES string of the molecule is CN(C)S(=O)(=O)c1cccc(C(=O)OCC(=O)c2ccc(Cl)s2)c1. The summed E-state index contributed by atoms with van der Waals surface area (Å²) >= 11 is 6.84. The summed E-state index contributed by atoms with van der Waals surface area (Å²) in [5, 5.41) is 0. The lowest BCUT2D eigenvalue weighted by Crippen LogP contribution is -2.22. The molecule has 0 bridgehead atoms. The van der Waals surface area contributed by atoms with Gasteiger partial charge in [0.05, 0.1) is 19.7 Å². The monoisotopic (exact) mass is 387 g/mol. The molecule has 2 rings (SSSR count). The molecule has 0 aliphatic carbocycles. The Kier molecular flexibility index (Phi) is 5.76.